The van der Waals surface area contributed by atoms with Crippen molar-refractivity contribution in [3.63, 3.8) is 0 Å². The molecule has 1 heterocycles. The lowest BCUT2D eigenvalue weighted by Crippen LogP contribution is -2.05. The molecule has 1 aromatic heterocycles. The summed E-state index contributed by atoms with van der Waals surface area (Å²) >= 11 is 0. The zero-order chi connectivity index (χ0) is 15.6. The molecule has 0 atom stereocenters. The molecule has 0 bridgehead atoms. The molecule has 0 unspecified atom stereocenters. The van der Waals surface area contributed by atoms with Gasteiger partial charge < -0.3 is 0 Å². The summed E-state index contributed by atoms with van der Waals surface area (Å²) in [5.74, 6) is 0.718. The van der Waals surface area contributed by atoms with Crippen LogP contribution in [0.15, 0.2) is 48.7 Å². The van der Waals surface area contributed by atoms with Gasteiger partial charge in [-0.15, -0.1) is 0 Å². The number of hydrogen-bond acceptors (Lipinski definition) is 2. The maximum Gasteiger partial charge on any atom is 0.0894 e. The Hall–Kier alpha value is -2.22. The van der Waals surface area contributed by atoms with Crippen molar-refractivity contribution in [2.45, 2.75) is 44.9 Å². The second-order valence-corrected chi connectivity index (χ2v) is 6.71. The molecule has 0 spiro atoms. The largest absolute Gasteiger partial charge is 0.252 e. The molecule has 0 radical (unpaired) electrons. The summed E-state index contributed by atoms with van der Waals surface area (Å²) in [7, 11) is 0. The Morgan fingerprint density at radius 3 is 2.52 bits per heavy atom. The maximum atomic E-state index is 4.81. The number of aromatic nitrogens is 2. The zero-order valence-electron chi connectivity index (χ0n) is 13.6. The SMILES string of the molecule is Cc1cc(-c2cnc3ccccc3n2)cc(C2CCCCC2)c1. The summed E-state index contributed by atoms with van der Waals surface area (Å²) in [6.07, 6.45) is 8.68. The number of para-hydroxylation sites is 2. The van der Waals surface area contributed by atoms with Gasteiger partial charge in [0.15, 0.2) is 0 Å². The van der Waals surface area contributed by atoms with Gasteiger partial charge in [-0.05, 0) is 55.5 Å². The third kappa shape index (κ3) is 2.98. The van der Waals surface area contributed by atoms with Gasteiger partial charge in [0.1, 0.15) is 0 Å². The molecule has 2 heteroatoms. The van der Waals surface area contributed by atoms with Gasteiger partial charge in [0, 0.05) is 5.56 Å². The number of nitrogens with zero attached hydrogens (tertiary/aromatic N) is 2. The van der Waals surface area contributed by atoms with Gasteiger partial charge in [-0.2, -0.15) is 0 Å². The maximum absolute atomic E-state index is 4.81. The van der Waals surface area contributed by atoms with E-state index in [1.54, 1.807) is 0 Å². The summed E-state index contributed by atoms with van der Waals surface area (Å²) < 4.78 is 0. The molecule has 0 aliphatic heterocycles. The van der Waals surface area contributed by atoms with Crippen LogP contribution in [-0.4, -0.2) is 9.97 Å². The Bertz CT molecular complexity index is 832. The molecule has 0 amide bonds. The first-order chi connectivity index (χ1) is 11.3. The van der Waals surface area contributed by atoms with Crippen molar-refractivity contribution in [1.29, 1.82) is 0 Å². The van der Waals surface area contributed by atoms with E-state index in [1.165, 1.54) is 48.8 Å². The van der Waals surface area contributed by atoms with Crippen LogP contribution in [-0.2, 0) is 0 Å². The molecule has 4 rings (SSSR count). The Labute approximate surface area is 137 Å². The van der Waals surface area contributed by atoms with Crippen molar-refractivity contribution in [2.24, 2.45) is 0 Å². The zero-order valence-corrected chi connectivity index (χ0v) is 13.6. The molecule has 23 heavy (non-hydrogen) atoms. The van der Waals surface area contributed by atoms with Crippen LogP contribution in [0.4, 0.5) is 0 Å². The Morgan fingerprint density at radius 1 is 0.913 bits per heavy atom. The first kappa shape index (κ1) is 14.4. The first-order valence-corrected chi connectivity index (χ1v) is 8.63. The van der Waals surface area contributed by atoms with Crippen LogP contribution in [0, 0.1) is 6.92 Å². The molecular formula is C21H22N2. The van der Waals surface area contributed by atoms with Crippen LogP contribution in [0.2, 0.25) is 0 Å². The van der Waals surface area contributed by atoms with Crippen LogP contribution >= 0.6 is 0 Å². The fraction of sp³-hybridized carbons (Fsp3) is 0.333. The normalized spacial score (nSPS) is 15.9. The van der Waals surface area contributed by atoms with E-state index >= 15 is 0 Å². The molecule has 116 valence electrons. The molecule has 0 N–H and O–H groups in total. The van der Waals surface area contributed by atoms with Gasteiger partial charge in [-0.25, -0.2) is 4.98 Å². The molecule has 1 fully saturated rings. The predicted molar refractivity (Wildman–Crippen MR) is 95.5 cm³/mol. The van der Waals surface area contributed by atoms with Crippen molar-refractivity contribution < 1.29 is 0 Å². The van der Waals surface area contributed by atoms with Crippen molar-refractivity contribution in [3.05, 3.63) is 59.8 Å². The molecule has 1 saturated carbocycles. The number of rotatable bonds is 2. The highest BCUT2D eigenvalue weighted by molar-refractivity contribution is 5.77. The Balaban J connectivity index is 1.76. The van der Waals surface area contributed by atoms with Crippen LogP contribution in [0.5, 0.6) is 0 Å². The lowest BCUT2D eigenvalue weighted by Gasteiger charge is -2.23. The summed E-state index contributed by atoms with van der Waals surface area (Å²) in [5, 5.41) is 0. The molecule has 0 saturated heterocycles. The Kier molecular flexibility index (Phi) is 3.82. The van der Waals surface area contributed by atoms with E-state index in [0.29, 0.717) is 0 Å². The Morgan fingerprint density at radius 2 is 1.70 bits per heavy atom. The fourth-order valence-electron chi connectivity index (χ4n) is 3.73. The van der Waals surface area contributed by atoms with E-state index in [9.17, 15) is 0 Å². The monoisotopic (exact) mass is 302 g/mol. The molecule has 2 nitrogen and oxygen atoms in total. The average molecular weight is 302 g/mol. The molecular weight excluding hydrogens is 280 g/mol. The minimum atomic E-state index is 0.718. The highest BCUT2D eigenvalue weighted by atomic mass is 14.8. The summed E-state index contributed by atoms with van der Waals surface area (Å²) in [6.45, 7) is 2.18. The second kappa shape index (κ2) is 6.11. The molecule has 3 aromatic rings. The minimum absolute atomic E-state index is 0.718. The highest BCUT2D eigenvalue weighted by Gasteiger charge is 2.16. The average Bonchev–Trinajstić information content (AvgIpc) is 2.61. The van der Waals surface area contributed by atoms with Crippen LogP contribution in [0.3, 0.4) is 0 Å². The minimum Gasteiger partial charge on any atom is -0.252 e. The van der Waals surface area contributed by atoms with Gasteiger partial charge in [0.25, 0.3) is 0 Å². The highest BCUT2D eigenvalue weighted by Crippen LogP contribution is 2.35. The number of benzene rings is 2. The molecule has 2 aromatic carbocycles. The smallest absolute Gasteiger partial charge is 0.0894 e. The van der Waals surface area contributed by atoms with Crippen molar-refractivity contribution in [2.75, 3.05) is 0 Å². The third-order valence-corrected chi connectivity index (χ3v) is 4.92. The van der Waals surface area contributed by atoms with Crippen molar-refractivity contribution in [3.8, 4) is 11.3 Å². The lowest BCUT2D eigenvalue weighted by molar-refractivity contribution is 0.443. The van der Waals surface area contributed by atoms with Crippen LogP contribution in [0.25, 0.3) is 22.3 Å². The van der Waals surface area contributed by atoms with Crippen LogP contribution < -0.4 is 0 Å². The summed E-state index contributed by atoms with van der Waals surface area (Å²) in [5.41, 5.74) is 6.89. The van der Waals surface area contributed by atoms with E-state index in [2.05, 4.69) is 30.1 Å². The van der Waals surface area contributed by atoms with E-state index in [1.807, 2.05) is 30.5 Å². The predicted octanol–water partition coefficient (Wildman–Crippen LogP) is 5.65. The number of aryl methyl sites for hydroxylation is 1. The van der Waals surface area contributed by atoms with Crippen molar-refractivity contribution in [1.82, 2.24) is 9.97 Å². The van der Waals surface area contributed by atoms with Crippen molar-refractivity contribution >= 4 is 11.0 Å². The molecule has 1 aliphatic rings. The van der Waals surface area contributed by atoms with E-state index in [4.69, 9.17) is 4.98 Å². The van der Waals surface area contributed by atoms with Gasteiger partial charge in [0.05, 0.1) is 22.9 Å². The number of fused-ring (bicyclic) bond motifs is 1. The topological polar surface area (TPSA) is 25.8 Å². The van der Waals surface area contributed by atoms with Gasteiger partial charge in [-0.1, -0.05) is 43.0 Å². The first-order valence-electron chi connectivity index (χ1n) is 8.63. The standard InChI is InChI=1S/C21H22N2/c1-15-11-17(16-7-3-2-4-8-16)13-18(12-15)21-14-22-19-9-5-6-10-20(19)23-21/h5-6,9-14,16H,2-4,7-8H2,1H3. The van der Waals surface area contributed by atoms with Gasteiger partial charge in [0.2, 0.25) is 0 Å². The fourth-order valence-corrected chi connectivity index (χ4v) is 3.73. The van der Waals surface area contributed by atoms with E-state index in [0.717, 1.165) is 22.6 Å². The van der Waals surface area contributed by atoms with E-state index < -0.39 is 0 Å². The summed E-state index contributed by atoms with van der Waals surface area (Å²) in [6, 6.07) is 15.0. The molecule has 1 aliphatic carbocycles. The number of hydrogen-bond donors (Lipinski definition) is 0. The summed E-state index contributed by atoms with van der Waals surface area (Å²) in [4.78, 5) is 9.38. The van der Waals surface area contributed by atoms with Crippen LogP contribution in [0.1, 0.15) is 49.1 Å². The second-order valence-electron chi connectivity index (χ2n) is 6.71. The van der Waals surface area contributed by atoms with Gasteiger partial charge >= 0.3 is 0 Å². The lowest BCUT2D eigenvalue weighted by atomic mass is 9.83. The van der Waals surface area contributed by atoms with Gasteiger partial charge in [-0.3, -0.25) is 4.98 Å². The third-order valence-electron chi connectivity index (χ3n) is 4.92. The quantitative estimate of drug-likeness (QED) is 0.611. The van der Waals surface area contributed by atoms with E-state index in [-0.39, 0.29) is 0 Å².